The van der Waals surface area contributed by atoms with Crippen LogP contribution in [0.15, 0.2) is 35.3 Å². The van der Waals surface area contributed by atoms with Gasteiger partial charge in [0.05, 0.1) is 16.3 Å². The molecule has 2 aromatic heterocycles. The molecule has 3 nitrogen and oxygen atoms in total. The lowest BCUT2D eigenvalue weighted by atomic mass is 10.2. The molecule has 0 aliphatic heterocycles. The highest BCUT2D eigenvalue weighted by Gasteiger charge is 2.09. The van der Waals surface area contributed by atoms with Crippen molar-refractivity contribution in [3.8, 4) is 0 Å². The van der Waals surface area contributed by atoms with Gasteiger partial charge in [0.1, 0.15) is 0 Å². The molecule has 0 saturated heterocycles. The molecule has 0 fully saturated rings. The topological polar surface area (TPSA) is 42.0 Å². The summed E-state index contributed by atoms with van der Waals surface area (Å²) >= 11 is 7.36. The van der Waals surface area contributed by atoms with Gasteiger partial charge >= 0.3 is 0 Å². The molecule has 0 atom stereocenters. The van der Waals surface area contributed by atoms with E-state index in [1.807, 2.05) is 16.8 Å². The van der Waals surface area contributed by atoms with Crippen LogP contribution in [0, 0.1) is 0 Å². The number of thiophene rings is 1. The van der Waals surface area contributed by atoms with Gasteiger partial charge in [-0.15, -0.1) is 0 Å². The zero-order valence-electron chi connectivity index (χ0n) is 7.61. The summed E-state index contributed by atoms with van der Waals surface area (Å²) in [5.41, 5.74) is 1.20. The average molecular weight is 239 g/mol. The average Bonchev–Trinajstić information content (AvgIpc) is 2.71. The fraction of sp³-hybridized carbons (Fsp3) is 0. The standard InChI is InChI=1S/C10H7ClN2OS/c11-9-5-12-3-1-8(9)10(14)13-7-2-4-15-6-7/h1-6H,(H,13,14). The SMILES string of the molecule is O=C(Nc1ccsc1)c1ccncc1Cl. The lowest BCUT2D eigenvalue weighted by molar-refractivity contribution is 0.102. The summed E-state index contributed by atoms with van der Waals surface area (Å²) in [5, 5.41) is 6.84. The molecule has 1 amide bonds. The van der Waals surface area contributed by atoms with Gasteiger partial charge in [-0.3, -0.25) is 9.78 Å². The van der Waals surface area contributed by atoms with E-state index >= 15 is 0 Å². The molecule has 0 bridgehead atoms. The number of pyridine rings is 1. The van der Waals surface area contributed by atoms with Gasteiger partial charge in [-0.1, -0.05) is 11.6 Å². The van der Waals surface area contributed by atoms with Crippen LogP contribution < -0.4 is 5.32 Å². The van der Waals surface area contributed by atoms with E-state index in [0.717, 1.165) is 5.69 Å². The van der Waals surface area contributed by atoms with Crippen molar-refractivity contribution in [2.75, 3.05) is 5.32 Å². The minimum atomic E-state index is -0.221. The molecule has 0 radical (unpaired) electrons. The second kappa shape index (κ2) is 4.42. The summed E-state index contributed by atoms with van der Waals surface area (Å²) in [6.45, 7) is 0. The largest absolute Gasteiger partial charge is 0.321 e. The van der Waals surface area contributed by atoms with Gasteiger partial charge in [0.2, 0.25) is 0 Å². The molecular weight excluding hydrogens is 232 g/mol. The quantitative estimate of drug-likeness (QED) is 0.874. The minimum Gasteiger partial charge on any atom is -0.321 e. The van der Waals surface area contributed by atoms with E-state index in [1.165, 1.54) is 23.7 Å². The number of hydrogen-bond acceptors (Lipinski definition) is 3. The first-order chi connectivity index (χ1) is 7.27. The third-order valence-electron chi connectivity index (χ3n) is 1.80. The molecule has 0 unspecified atom stereocenters. The molecule has 0 aromatic carbocycles. The van der Waals surface area contributed by atoms with Crippen LogP contribution >= 0.6 is 22.9 Å². The maximum atomic E-state index is 11.7. The molecule has 76 valence electrons. The smallest absolute Gasteiger partial charge is 0.257 e. The monoisotopic (exact) mass is 238 g/mol. The van der Waals surface area contributed by atoms with E-state index in [2.05, 4.69) is 10.3 Å². The first kappa shape index (κ1) is 10.1. The van der Waals surface area contributed by atoms with Crippen LogP contribution in [-0.4, -0.2) is 10.9 Å². The Labute approximate surface area is 95.7 Å². The van der Waals surface area contributed by atoms with Crippen LogP contribution in [0.2, 0.25) is 5.02 Å². The molecule has 5 heteroatoms. The number of nitrogens with zero attached hydrogens (tertiary/aromatic N) is 1. The Kier molecular flexibility index (Phi) is 2.99. The third kappa shape index (κ3) is 2.34. The van der Waals surface area contributed by atoms with Crippen LogP contribution in [0.1, 0.15) is 10.4 Å². The summed E-state index contributed by atoms with van der Waals surface area (Å²) < 4.78 is 0. The Morgan fingerprint density at radius 1 is 1.47 bits per heavy atom. The zero-order valence-corrected chi connectivity index (χ0v) is 9.18. The van der Waals surface area contributed by atoms with Crippen molar-refractivity contribution >= 4 is 34.5 Å². The molecular formula is C10H7ClN2OS. The maximum absolute atomic E-state index is 11.7. The van der Waals surface area contributed by atoms with Gasteiger partial charge in [0.15, 0.2) is 0 Å². The number of rotatable bonds is 2. The van der Waals surface area contributed by atoms with E-state index in [9.17, 15) is 4.79 Å². The van der Waals surface area contributed by atoms with Crippen LogP contribution in [0.4, 0.5) is 5.69 Å². The minimum absolute atomic E-state index is 0.221. The van der Waals surface area contributed by atoms with E-state index in [0.29, 0.717) is 10.6 Å². The van der Waals surface area contributed by atoms with Crippen molar-refractivity contribution in [3.63, 3.8) is 0 Å². The van der Waals surface area contributed by atoms with Crippen molar-refractivity contribution in [1.82, 2.24) is 4.98 Å². The van der Waals surface area contributed by atoms with Gasteiger partial charge in [0, 0.05) is 17.8 Å². The molecule has 0 spiro atoms. The van der Waals surface area contributed by atoms with Crippen molar-refractivity contribution in [3.05, 3.63) is 45.9 Å². The van der Waals surface area contributed by atoms with Crippen molar-refractivity contribution in [1.29, 1.82) is 0 Å². The predicted octanol–water partition coefficient (Wildman–Crippen LogP) is 3.05. The first-order valence-electron chi connectivity index (χ1n) is 4.20. The Balaban J connectivity index is 2.19. The molecule has 0 aliphatic rings. The second-order valence-corrected chi connectivity index (χ2v) is 4.01. The molecule has 15 heavy (non-hydrogen) atoms. The van der Waals surface area contributed by atoms with Crippen molar-refractivity contribution in [2.24, 2.45) is 0 Å². The summed E-state index contributed by atoms with van der Waals surface area (Å²) in [7, 11) is 0. The lowest BCUT2D eigenvalue weighted by Gasteiger charge is -2.03. The fourth-order valence-corrected chi connectivity index (χ4v) is 1.89. The maximum Gasteiger partial charge on any atom is 0.257 e. The number of hydrogen-bond donors (Lipinski definition) is 1. The molecule has 2 heterocycles. The summed E-state index contributed by atoms with van der Waals surface area (Å²) in [4.78, 5) is 15.5. The number of aromatic nitrogens is 1. The number of carbonyl (C=O) groups is 1. The first-order valence-corrected chi connectivity index (χ1v) is 5.52. The van der Waals surface area contributed by atoms with Gasteiger partial charge < -0.3 is 5.32 Å². The summed E-state index contributed by atoms with van der Waals surface area (Å²) in [6, 6.07) is 3.42. The Morgan fingerprint density at radius 3 is 3.00 bits per heavy atom. The third-order valence-corrected chi connectivity index (χ3v) is 2.78. The Morgan fingerprint density at radius 2 is 2.33 bits per heavy atom. The van der Waals surface area contributed by atoms with Crippen LogP contribution in [-0.2, 0) is 0 Å². The molecule has 2 rings (SSSR count). The zero-order chi connectivity index (χ0) is 10.7. The van der Waals surface area contributed by atoms with Gasteiger partial charge in [0.25, 0.3) is 5.91 Å². The van der Waals surface area contributed by atoms with Crippen LogP contribution in [0.3, 0.4) is 0 Å². The number of nitrogens with one attached hydrogen (secondary N) is 1. The normalized spacial score (nSPS) is 9.93. The summed E-state index contributed by atoms with van der Waals surface area (Å²) in [6.07, 6.45) is 2.98. The summed E-state index contributed by atoms with van der Waals surface area (Å²) in [5.74, 6) is -0.221. The molecule has 0 saturated carbocycles. The Bertz CT molecular complexity index is 470. The van der Waals surface area contributed by atoms with E-state index in [1.54, 1.807) is 6.07 Å². The van der Waals surface area contributed by atoms with Gasteiger partial charge in [-0.05, 0) is 17.5 Å². The van der Waals surface area contributed by atoms with Crippen LogP contribution in [0.5, 0.6) is 0 Å². The van der Waals surface area contributed by atoms with E-state index in [-0.39, 0.29) is 5.91 Å². The van der Waals surface area contributed by atoms with Crippen LogP contribution in [0.25, 0.3) is 0 Å². The molecule has 1 N–H and O–H groups in total. The van der Waals surface area contributed by atoms with Crippen molar-refractivity contribution in [2.45, 2.75) is 0 Å². The predicted molar refractivity (Wildman–Crippen MR) is 61.5 cm³/mol. The second-order valence-electron chi connectivity index (χ2n) is 2.82. The fourth-order valence-electron chi connectivity index (χ4n) is 1.09. The molecule has 0 aliphatic carbocycles. The van der Waals surface area contributed by atoms with Crippen molar-refractivity contribution < 1.29 is 4.79 Å². The molecule has 2 aromatic rings. The highest BCUT2D eigenvalue weighted by atomic mass is 35.5. The number of carbonyl (C=O) groups excluding carboxylic acids is 1. The van der Waals surface area contributed by atoms with Gasteiger partial charge in [-0.25, -0.2) is 0 Å². The van der Waals surface area contributed by atoms with E-state index < -0.39 is 0 Å². The number of anilines is 1. The highest BCUT2D eigenvalue weighted by molar-refractivity contribution is 7.08. The lowest BCUT2D eigenvalue weighted by Crippen LogP contribution is -2.11. The number of amides is 1. The highest BCUT2D eigenvalue weighted by Crippen LogP contribution is 2.17. The Hall–Kier alpha value is -1.39. The van der Waals surface area contributed by atoms with E-state index in [4.69, 9.17) is 11.6 Å². The van der Waals surface area contributed by atoms with Gasteiger partial charge in [-0.2, -0.15) is 11.3 Å². The number of halogens is 1.